The van der Waals surface area contributed by atoms with E-state index in [-0.39, 0.29) is 0 Å². The number of benzene rings is 10. The van der Waals surface area contributed by atoms with Gasteiger partial charge in [0.15, 0.2) is 0 Å². The number of para-hydroxylation sites is 2. The van der Waals surface area contributed by atoms with Gasteiger partial charge in [0.2, 0.25) is 0 Å². The van der Waals surface area contributed by atoms with Gasteiger partial charge in [-0.1, -0.05) is 176 Å². The second kappa shape index (κ2) is 15.1. The third-order valence-electron chi connectivity index (χ3n) is 11.7. The molecule has 0 fully saturated rings. The first-order valence-corrected chi connectivity index (χ1v) is 20.6. The third kappa shape index (κ3) is 6.32. The molecule has 0 aliphatic carbocycles. The van der Waals surface area contributed by atoms with Crippen molar-refractivity contribution in [3.8, 4) is 50.2 Å². The van der Waals surface area contributed by atoms with Crippen LogP contribution in [0.15, 0.2) is 243 Å². The number of hydrogen-bond donors (Lipinski definition) is 0. The molecule has 60 heavy (non-hydrogen) atoms. The highest BCUT2D eigenvalue weighted by Crippen LogP contribution is 2.45. The van der Waals surface area contributed by atoms with Crippen molar-refractivity contribution in [2.45, 2.75) is 0 Å². The molecule has 0 unspecified atom stereocenters. The lowest BCUT2D eigenvalue weighted by Gasteiger charge is -2.28. The summed E-state index contributed by atoms with van der Waals surface area (Å²) in [6, 6.07) is 87.9. The Morgan fingerprint density at radius 1 is 0.300 bits per heavy atom. The van der Waals surface area contributed by atoms with E-state index in [4.69, 9.17) is 0 Å². The first kappa shape index (κ1) is 35.2. The van der Waals surface area contributed by atoms with Gasteiger partial charge in [-0.3, -0.25) is 0 Å². The largest absolute Gasteiger partial charge is 0.310 e. The summed E-state index contributed by atoms with van der Waals surface area (Å²) in [6.07, 6.45) is 0. The number of rotatable bonds is 8. The van der Waals surface area contributed by atoms with Crippen molar-refractivity contribution in [1.82, 2.24) is 4.57 Å². The molecule has 0 aliphatic rings. The number of anilines is 3. The summed E-state index contributed by atoms with van der Waals surface area (Å²) in [5.41, 5.74) is 16.3. The molecule has 10 aromatic carbocycles. The highest BCUT2D eigenvalue weighted by atomic mass is 15.1. The first-order valence-electron chi connectivity index (χ1n) is 20.6. The summed E-state index contributed by atoms with van der Waals surface area (Å²) in [7, 11) is 0. The van der Waals surface area contributed by atoms with E-state index in [9.17, 15) is 0 Å². The van der Waals surface area contributed by atoms with Crippen LogP contribution < -0.4 is 4.90 Å². The van der Waals surface area contributed by atoms with Gasteiger partial charge in [-0.2, -0.15) is 0 Å². The number of nitrogens with zero attached hydrogens (tertiary/aromatic N) is 2. The smallest absolute Gasteiger partial charge is 0.0547 e. The van der Waals surface area contributed by atoms with Crippen LogP contribution in [0.3, 0.4) is 0 Å². The number of aromatic nitrogens is 1. The van der Waals surface area contributed by atoms with Gasteiger partial charge in [-0.15, -0.1) is 0 Å². The van der Waals surface area contributed by atoms with Crippen LogP contribution in [0.25, 0.3) is 82.8 Å². The molecule has 282 valence electrons. The molecule has 0 amide bonds. The van der Waals surface area contributed by atoms with E-state index in [0.717, 1.165) is 28.3 Å². The number of fused-ring (bicyclic) bond motifs is 4. The SMILES string of the molecule is c1ccc(-c2cccc(-c3ccc(N(c4cccc(-c5cccc6c5c5cc7ccccc7cc5n6-c5ccccc5)c4)c4ccccc4-c4ccccc4)cc3)c2)cc1. The molecule has 11 aromatic rings. The van der Waals surface area contributed by atoms with E-state index >= 15 is 0 Å². The summed E-state index contributed by atoms with van der Waals surface area (Å²) in [5, 5.41) is 4.96. The molecule has 0 saturated heterocycles. The lowest BCUT2D eigenvalue weighted by atomic mass is 9.97. The molecule has 11 rings (SSSR count). The highest BCUT2D eigenvalue weighted by molar-refractivity contribution is 6.18. The molecule has 2 heteroatoms. The van der Waals surface area contributed by atoms with E-state index < -0.39 is 0 Å². The Balaban J connectivity index is 1.09. The van der Waals surface area contributed by atoms with Gasteiger partial charge in [0, 0.05) is 33.4 Å². The molecular formula is C58H40N2. The fourth-order valence-electron chi connectivity index (χ4n) is 8.93. The second-order valence-electron chi connectivity index (χ2n) is 15.3. The zero-order chi connectivity index (χ0) is 39.8. The van der Waals surface area contributed by atoms with Crippen LogP contribution >= 0.6 is 0 Å². The Morgan fingerprint density at radius 2 is 0.850 bits per heavy atom. The Morgan fingerprint density at radius 3 is 1.60 bits per heavy atom. The molecule has 2 nitrogen and oxygen atoms in total. The summed E-state index contributed by atoms with van der Waals surface area (Å²) in [5.74, 6) is 0. The molecule has 0 aliphatic heterocycles. The number of hydrogen-bond acceptors (Lipinski definition) is 1. The fraction of sp³-hybridized carbons (Fsp3) is 0. The Kier molecular flexibility index (Phi) is 8.87. The predicted octanol–water partition coefficient (Wildman–Crippen LogP) is 16.1. The lowest BCUT2D eigenvalue weighted by molar-refractivity contribution is 1.18. The average molecular weight is 765 g/mol. The molecule has 0 atom stereocenters. The minimum Gasteiger partial charge on any atom is -0.310 e. The normalized spacial score (nSPS) is 11.3. The third-order valence-corrected chi connectivity index (χ3v) is 11.7. The Hall–Kier alpha value is -7.94. The molecule has 1 heterocycles. The van der Waals surface area contributed by atoms with E-state index in [1.807, 2.05) is 0 Å². The molecule has 1 aromatic heterocycles. The van der Waals surface area contributed by atoms with E-state index in [2.05, 4.69) is 252 Å². The summed E-state index contributed by atoms with van der Waals surface area (Å²) in [6.45, 7) is 0. The van der Waals surface area contributed by atoms with Crippen LogP contribution in [-0.2, 0) is 0 Å². The zero-order valence-electron chi connectivity index (χ0n) is 33.0. The molecule has 0 bridgehead atoms. The van der Waals surface area contributed by atoms with Crippen LogP contribution in [0.2, 0.25) is 0 Å². The van der Waals surface area contributed by atoms with Crippen LogP contribution in [0.5, 0.6) is 0 Å². The highest BCUT2D eigenvalue weighted by Gasteiger charge is 2.21. The maximum atomic E-state index is 2.42. The van der Waals surface area contributed by atoms with Gasteiger partial charge in [0.1, 0.15) is 0 Å². The zero-order valence-corrected chi connectivity index (χ0v) is 33.0. The summed E-state index contributed by atoms with van der Waals surface area (Å²) in [4.78, 5) is 2.41. The van der Waals surface area contributed by atoms with Crippen molar-refractivity contribution in [2.24, 2.45) is 0 Å². The van der Waals surface area contributed by atoms with Crippen LogP contribution in [-0.4, -0.2) is 4.57 Å². The van der Waals surface area contributed by atoms with Gasteiger partial charge >= 0.3 is 0 Å². The fourth-order valence-corrected chi connectivity index (χ4v) is 8.93. The molecule has 0 radical (unpaired) electrons. The second-order valence-corrected chi connectivity index (χ2v) is 15.3. The van der Waals surface area contributed by atoms with Gasteiger partial charge < -0.3 is 9.47 Å². The average Bonchev–Trinajstić information content (AvgIpc) is 3.65. The lowest BCUT2D eigenvalue weighted by Crippen LogP contribution is -2.11. The molecule has 0 saturated carbocycles. The topological polar surface area (TPSA) is 8.17 Å². The van der Waals surface area contributed by atoms with E-state index in [1.165, 1.54) is 71.5 Å². The summed E-state index contributed by atoms with van der Waals surface area (Å²) < 4.78 is 2.42. The van der Waals surface area contributed by atoms with E-state index in [1.54, 1.807) is 0 Å². The standard InChI is InChI=1S/C58H40N2/c1-4-17-41(18-5-1)44-23-14-24-45(37-44)42-33-35-50(36-34-42)59(55-31-13-12-29-52(55)43-19-6-2-7-20-43)51-28-15-25-48(38-51)53-30-16-32-56-58(53)54-39-46-21-10-11-22-47(46)40-57(54)60(56)49-26-8-3-9-27-49/h1-40H. The van der Waals surface area contributed by atoms with Crippen LogP contribution in [0.4, 0.5) is 17.1 Å². The van der Waals surface area contributed by atoms with Crippen molar-refractivity contribution in [1.29, 1.82) is 0 Å². The minimum absolute atomic E-state index is 1.09. The van der Waals surface area contributed by atoms with Gasteiger partial charge in [-0.05, 0) is 116 Å². The van der Waals surface area contributed by atoms with Crippen molar-refractivity contribution in [3.05, 3.63) is 243 Å². The maximum Gasteiger partial charge on any atom is 0.0547 e. The van der Waals surface area contributed by atoms with Crippen molar-refractivity contribution in [2.75, 3.05) is 4.90 Å². The monoisotopic (exact) mass is 764 g/mol. The van der Waals surface area contributed by atoms with Crippen molar-refractivity contribution in [3.63, 3.8) is 0 Å². The Bertz CT molecular complexity index is 3290. The maximum absolute atomic E-state index is 2.42. The van der Waals surface area contributed by atoms with Gasteiger partial charge in [-0.25, -0.2) is 0 Å². The van der Waals surface area contributed by atoms with Gasteiger partial charge in [0.25, 0.3) is 0 Å². The molecular weight excluding hydrogens is 725 g/mol. The molecule has 0 N–H and O–H groups in total. The van der Waals surface area contributed by atoms with Crippen molar-refractivity contribution < 1.29 is 0 Å². The quantitative estimate of drug-likeness (QED) is 0.150. The molecule has 0 spiro atoms. The van der Waals surface area contributed by atoms with Gasteiger partial charge in [0.05, 0.1) is 16.7 Å². The van der Waals surface area contributed by atoms with Crippen molar-refractivity contribution >= 4 is 49.6 Å². The Labute approximate surface area is 350 Å². The summed E-state index contributed by atoms with van der Waals surface area (Å²) >= 11 is 0. The predicted molar refractivity (Wildman–Crippen MR) is 255 cm³/mol. The minimum atomic E-state index is 1.09. The van der Waals surface area contributed by atoms with E-state index in [0.29, 0.717) is 0 Å². The van der Waals surface area contributed by atoms with Crippen LogP contribution in [0.1, 0.15) is 0 Å². The van der Waals surface area contributed by atoms with Crippen LogP contribution in [0, 0.1) is 0 Å². The first-order chi connectivity index (χ1) is 29.8.